The predicted molar refractivity (Wildman–Crippen MR) is 139 cm³/mol. The van der Waals surface area contributed by atoms with Crippen molar-refractivity contribution in [3.05, 3.63) is 64.1 Å². The van der Waals surface area contributed by atoms with Crippen LogP contribution in [0.2, 0.25) is 10.0 Å². The molecule has 0 aliphatic rings. The molecule has 3 N–H and O–H groups in total. The van der Waals surface area contributed by atoms with E-state index in [1.54, 1.807) is 30.3 Å². The van der Waals surface area contributed by atoms with Gasteiger partial charge < -0.3 is 20.7 Å². The third-order valence-corrected chi connectivity index (χ3v) is 5.76. The Morgan fingerprint density at radius 3 is 2.13 bits per heavy atom. The maximum Gasteiger partial charge on any atom is 0.383 e. The van der Waals surface area contributed by atoms with Crippen LogP contribution in [-0.4, -0.2) is 54.7 Å². The van der Waals surface area contributed by atoms with Gasteiger partial charge in [0.25, 0.3) is 11.8 Å². The highest BCUT2D eigenvalue weighted by molar-refractivity contribution is 6.34. The largest absolute Gasteiger partial charge is 0.484 e. The molecule has 2 rings (SSSR count). The van der Waals surface area contributed by atoms with Crippen molar-refractivity contribution in [2.24, 2.45) is 5.92 Å². The zero-order valence-corrected chi connectivity index (χ0v) is 22.5. The minimum absolute atomic E-state index is 0.00682. The number of nitrogens with one attached hydrogen (secondary N) is 3. The second kappa shape index (κ2) is 14.1. The Balaban J connectivity index is 2.20. The Bertz CT molecular complexity index is 1130. The molecule has 0 aliphatic carbocycles. The lowest BCUT2D eigenvalue weighted by Gasteiger charge is -2.27. The molecule has 2 unspecified atom stereocenters. The molecule has 0 spiro atoms. The van der Waals surface area contributed by atoms with E-state index in [2.05, 4.69) is 10.6 Å². The van der Waals surface area contributed by atoms with E-state index in [0.29, 0.717) is 15.6 Å². The quantitative estimate of drug-likeness (QED) is 0.318. The first-order chi connectivity index (χ1) is 17.8. The monoisotopic (exact) mass is 571 g/mol. The molecule has 2 aromatic rings. The number of Topliss-reactive ketones (excluding diaryl/α,β-unsaturated/α-hetero) is 1. The Labute approximate surface area is 229 Å². The van der Waals surface area contributed by atoms with Crippen LogP contribution in [0.25, 0.3) is 0 Å². The highest BCUT2D eigenvalue weighted by atomic mass is 35.5. The number of benzene rings is 2. The number of alkyl halides is 2. The number of hydrogen-bond acceptors (Lipinski definition) is 5. The third kappa shape index (κ3) is 8.95. The van der Waals surface area contributed by atoms with Gasteiger partial charge in [-0.3, -0.25) is 19.2 Å². The summed E-state index contributed by atoms with van der Waals surface area (Å²) in [7, 11) is 0. The average Bonchev–Trinajstić information content (AvgIpc) is 2.85. The third-order valence-electron chi connectivity index (χ3n) is 5.32. The van der Waals surface area contributed by atoms with Gasteiger partial charge in [0.2, 0.25) is 11.7 Å². The number of hydrogen-bond donors (Lipinski definition) is 3. The molecule has 0 aromatic heterocycles. The second-order valence-corrected chi connectivity index (χ2v) is 9.60. The zero-order valence-electron chi connectivity index (χ0n) is 21.0. The number of ketones is 1. The van der Waals surface area contributed by atoms with Gasteiger partial charge in [-0.15, -0.1) is 0 Å². The minimum Gasteiger partial charge on any atom is -0.484 e. The van der Waals surface area contributed by atoms with Gasteiger partial charge in [0.15, 0.2) is 6.61 Å². The average molecular weight is 572 g/mol. The number of ether oxygens (including phenoxy) is 1. The summed E-state index contributed by atoms with van der Waals surface area (Å²) in [5.74, 6) is -10.0. The van der Waals surface area contributed by atoms with E-state index in [1.807, 2.05) is 5.32 Å². The molecule has 0 fully saturated rings. The lowest BCUT2D eigenvalue weighted by atomic mass is 9.94. The van der Waals surface area contributed by atoms with E-state index in [0.717, 1.165) is 0 Å². The van der Waals surface area contributed by atoms with Crippen LogP contribution in [0.1, 0.15) is 26.3 Å². The molecule has 0 radical (unpaired) electrons. The van der Waals surface area contributed by atoms with Crippen molar-refractivity contribution in [3.63, 3.8) is 0 Å². The van der Waals surface area contributed by atoms with Gasteiger partial charge in [-0.25, -0.2) is 0 Å². The summed E-state index contributed by atoms with van der Waals surface area (Å²) in [5, 5.41) is 7.31. The lowest BCUT2D eigenvalue weighted by Crippen LogP contribution is -2.59. The maximum atomic E-state index is 14.5. The van der Waals surface area contributed by atoms with Crippen molar-refractivity contribution in [1.82, 2.24) is 16.0 Å². The van der Waals surface area contributed by atoms with E-state index in [9.17, 15) is 28.0 Å². The molecule has 0 saturated heterocycles. The smallest absolute Gasteiger partial charge is 0.383 e. The SMILES string of the molecule is CCNC(=O)C(F)(F)C(=O)C(NC(=O)C(Cc1ccccc1)NC(=O)COc1cc(Cl)cc(Cl)c1)C(C)C. The van der Waals surface area contributed by atoms with Gasteiger partial charge in [-0.05, 0) is 36.6 Å². The van der Waals surface area contributed by atoms with E-state index < -0.39 is 54.0 Å². The van der Waals surface area contributed by atoms with Gasteiger partial charge in [-0.1, -0.05) is 67.4 Å². The van der Waals surface area contributed by atoms with E-state index in [1.165, 1.54) is 39.0 Å². The van der Waals surface area contributed by atoms with Gasteiger partial charge in [-0.2, -0.15) is 8.78 Å². The standard InChI is InChI=1S/C26H29Cl2F2N3O5/c1-4-31-25(37)26(29,30)23(35)22(15(2)3)33-24(36)20(10-16-8-6-5-7-9-16)32-21(34)14-38-19-12-17(27)11-18(28)13-19/h5-9,11-13,15,20,22H,4,10,14H2,1-3H3,(H,31,37)(H,32,34)(H,33,36). The van der Waals surface area contributed by atoms with Crippen LogP contribution in [0, 0.1) is 5.92 Å². The van der Waals surface area contributed by atoms with Gasteiger partial charge in [0.05, 0.1) is 6.04 Å². The Kier molecular flexibility index (Phi) is 11.5. The topological polar surface area (TPSA) is 114 Å². The molecule has 0 heterocycles. The fourth-order valence-corrected chi connectivity index (χ4v) is 3.93. The van der Waals surface area contributed by atoms with Crippen LogP contribution in [0.3, 0.4) is 0 Å². The van der Waals surface area contributed by atoms with Crippen molar-refractivity contribution in [3.8, 4) is 5.75 Å². The zero-order chi connectivity index (χ0) is 28.5. The summed E-state index contributed by atoms with van der Waals surface area (Å²) >= 11 is 11.9. The van der Waals surface area contributed by atoms with E-state index in [-0.39, 0.29) is 18.7 Å². The first kappa shape index (κ1) is 31.0. The van der Waals surface area contributed by atoms with Crippen LogP contribution in [0.4, 0.5) is 8.78 Å². The van der Waals surface area contributed by atoms with Gasteiger partial charge in [0.1, 0.15) is 11.8 Å². The van der Waals surface area contributed by atoms with Crippen molar-refractivity contribution >= 4 is 46.7 Å². The minimum atomic E-state index is -4.36. The molecule has 12 heteroatoms. The highest BCUT2D eigenvalue weighted by Gasteiger charge is 2.51. The molecule has 3 amide bonds. The first-order valence-electron chi connectivity index (χ1n) is 11.8. The van der Waals surface area contributed by atoms with Crippen LogP contribution < -0.4 is 20.7 Å². The van der Waals surface area contributed by atoms with Crippen LogP contribution in [0.15, 0.2) is 48.5 Å². The first-order valence-corrected chi connectivity index (χ1v) is 12.5. The molecule has 0 saturated carbocycles. The van der Waals surface area contributed by atoms with Crippen LogP contribution in [0.5, 0.6) is 5.75 Å². The number of carbonyl (C=O) groups is 4. The van der Waals surface area contributed by atoms with Crippen molar-refractivity contribution in [2.75, 3.05) is 13.2 Å². The second-order valence-electron chi connectivity index (χ2n) is 8.73. The molecule has 38 heavy (non-hydrogen) atoms. The number of amides is 3. The summed E-state index contributed by atoms with van der Waals surface area (Å²) in [5.41, 5.74) is 0.663. The number of halogens is 4. The molecule has 2 atom stereocenters. The number of rotatable bonds is 13. The van der Waals surface area contributed by atoms with Crippen LogP contribution >= 0.6 is 23.2 Å². The predicted octanol–water partition coefficient (Wildman–Crippen LogP) is 3.58. The molecule has 8 nitrogen and oxygen atoms in total. The molecule has 2 aromatic carbocycles. The Morgan fingerprint density at radius 2 is 1.58 bits per heavy atom. The Morgan fingerprint density at radius 1 is 0.974 bits per heavy atom. The lowest BCUT2D eigenvalue weighted by molar-refractivity contribution is -0.161. The van der Waals surface area contributed by atoms with E-state index in [4.69, 9.17) is 27.9 Å². The Hall–Kier alpha value is -3.24. The molecule has 0 aliphatic heterocycles. The number of carbonyl (C=O) groups excluding carboxylic acids is 4. The fourth-order valence-electron chi connectivity index (χ4n) is 3.42. The highest BCUT2D eigenvalue weighted by Crippen LogP contribution is 2.24. The van der Waals surface area contributed by atoms with Crippen molar-refractivity contribution in [2.45, 2.75) is 45.2 Å². The van der Waals surface area contributed by atoms with Crippen LogP contribution in [-0.2, 0) is 25.6 Å². The van der Waals surface area contributed by atoms with Gasteiger partial charge >= 0.3 is 5.92 Å². The van der Waals surface area contributed by atoms with Crippen molar-refractivity contribution < 1.29 is 32.7 Å². The normalized spacial score (nSPS) is 12.8. The summed E-state index contributed by atoms with van der Waals surface area (Å²) in [4.78, 5) is 50.2. The molecule has 0 bridgehead atoms. The van der Waals surface area contributed by atoms with E-state index >= 15 is 0 Å². The molecular weight excluding hydrogens is 543 g/mol. The molecular formula is C26H29Cl2F2N3O5. The summed E-state index contributed by atoms with van der Waals surface area (Å²) in [6.07, 6.45) is -0.00682. The van der Waals surface area contributed by atoms with Crippen molar-refractivity contribution in [1.29, 1.82) is 0 Å². The fraction of sp³-hybridized carbons (Fsp3) is 0.385. The van der Waals surface area contributed by atoms with Gasteiger partial charge in [0, 0.05) is 23.0 Å². The summed E-state index contributed by atoms with van der Waals surface area (Å²) < 4.78 is 34.4. The molecule has 206 valence electrons. The summed E-state index contributed by atoms with van der Waals surface area (Å²) in [6, 6.07) is 10.1. The summed E-state index contributed by atoms with van der Waals surface area (Å²) in [6.45, 7) is 3.73. The maximum absolute atomic E-state index is 14.5.